The first kappa shape index (κ1) is 14.2. The summed E-state index contributed by atoms with van der Waals surface area (Å²) >= 11 is 0. The first-order chi connectivity index (χ1) is 8.50. The van der Waals surface area contributed by atoms with E-state index < -0.39 is 0 Å². The average molecular weight is 251 g/mol. The Morgan fingerprint density at radius 2 is 2.33 bits per heavy atom. The summed E-state index contributed by atoms with van der Waals surface area (Å²) in [6.45, 7) is 9.66. The van der Waals surface area contributed by atoms with Crippen molar-refractivity contribution in [2.75, 3.05) is 26.7 Å². The van der Waals surface area contributed by atoms with Crippen molar-refractivity contribution in [3.8, 4) is 0 Å². The lowest BCUT2D eigenvalue weighted by molar-refractivity contribution is -0.123. The molecule has 0 atom stereocenters. The van der Waals surface area contributed by atoms with Gasteiger partial charge >= 0.3 is 0 Å². The highest BCUT2D eigenvalue weighted by atomic mass is 16.2. The van der Waals surface area contributed by atoms with Crippen molar-refractivity contribution in [3.63, 3.8) is 0 Å². The van der Waals surface area contributed by atoms with Crippen molar-refractivity contribution in [2.24, 2.45) is 9.98 Å². The van der Waals surface area contributed by atoms with Crippen LogP contribution in [0, 0.1) is 0 Å². The van der Waals surface area contributed by atoms with Gasteiger partial charge in [0.25, 0.3) is 0 Å². The Kier molecular flexibility index (Phi) is 5.35. The third kappa shape index (κ3) is 4.57. The van der Waals surface area contributed by atoms with Crippen LogP contribution in [-0.2, 0) is 4.79 Å². The standard InChI is InChI=1S/C12H21N5O/c1-10(2)16(4)9-13-8-15-11(3)17-6-5-14-12(18)7-17/h8-10H,3,5-7H2,1-2,4H3,(H,14,18)/b13-9+,15-8-. The fourth-order valence-corrected chi connectivity index (χ4v) is 1.31. The zero-order valence-electron chi connectivity index (χ0n) is 11.3. The fourth-order valence-electron chi connectivity index (χ4n) is 1.31. The number of nitrogens with one attached hydrogen (secondary N) is 1. The van der Waals surface area contributed by atoms with Gasteiger partial charge in [-0.25, -0.2) is 9.98 Å². The highest BCUT2D eigenvalue weighted by molar-refractivity contribution is 5.79. The molecule has 0 saturated carbocycles. The van der Waals surface area contributed by atoms with Crippen molar-refractivity contribution in [1.82, 2.24) is 15.1 Å². The number of amides is 1. The van der Waals surface area contributed by atoms with Gasteiger partial charge in [0, 0.05) is 26.2 Å². The van der Waals surface area contributed by atoms with Gasteiger partial charge in [-0.1, -0.05) is 6.58 Å². The molecule has 18 heavy (non-hydrogen) atoms. The van der Waals surface area contributed by atoms with Gasteiger partial charge in [0.2, 0.25) is 5.91 Å². The Morgan fingerprint density at radius 3 is 2.94 bits per heavy atom. The molecule has 0 unspecified atom stereocenters. The topological polar surface area (TPSA) is 60.3 Å². The maximum atomic E-state index is 11.2. The zero-order valence-corrected chi connectivity index (χ0v) is 11.3. The van der Waals surface area contributed by atoms with Crippen LogP contribution in [0.25, 0.3) is 0 Å². The molecule has 1 aliphatic rings. The second kappa shape index (κ2) is 6.78. The van der Waals surface area contributed by atoms with Crippen LogP contribution < -0.4 is 5.32 Å². The minimum Gasteiger partial charge on any atom is -0.363 e. The highest BCUT2D eigenvalue weighted by Gasteiger charge is 2.16. The molecule has 6 heteroatoms. The van der Waals surface area contributed by atoms with Crippen LogP contribution in [-0.4, -0.2) is 61.1 Å². The number of carbonyl (C=O) groups excluding carboxylic acids is 1. The molecule has 1 rings (SSSR count). The summed E-state index contributed by atoms with van der Waals surface area (Å²) < 4.78 is 0. The lowest BCUT2D eigenvalue weighted by atomic mass is 10.3. The molecule has 0 radical (unpaired) electrons. The van der Waals surface area contributed by atoms with Crippen LogP contribution in [0.2, 0.25) is 0 Å². The summed E-state index contributed by atoms with van der Waals surface area (Å²) in [6, 6.07) is 0.399. The van der Waals surface area contributed by atoms with Crippen LogP contribution in [0.4, 0.5) is 0 Å². The van der Waals surface area contributed by atoms with Crippen molar-refractivity contribution in [3.05, 3.63) is 12.4 Å². The normalized spacial score (nSPS) is 16.7. The number of carbonyl (C=O) groups is 1. The molecule has 0 aromatic rings. The van der Waals surface area contributed by atoms with Crippen LogP contribution in [0.1, 0.15) is 13.8 Å². The summed E-state index contributed by atoms with van der Waals surface area (Å²) in [5, 5.41) is 2.75. The number of aliphatic imine (C=N–C) groups is 2. The van der Waals surface area contributed by atoms with E-state index in [9.17, 15) is 4.79 Å². The number of hydrogen-bond donors (Lipinski definition) is 1. The monoisotopic (exact) mass is 251 g/mol. The first-order valence-corrected chi connectivity index (χ1v) is 5.99. The van der Waals surface area contributed by atoms with Crippen molar-refractivity contribution in [2.45, 2.75) is 19.9 Å². The van der Waals surface area contributed by atoms with Crippen LogP contribution in [0.5, 0.6) is 0 Å². The van der Waals surface area contributed by atoms with Gasteiger partial charge in [-0.3, -0.25) is 4.79 Å². The minimum absolute atomic E-state index is 0.000595. The predicted octanol–water partition coefficient (Wildman–Crippen LogP) is 0.286. The second-order valence-electron chi connectivity index (χ2n) is 4.46. The molecule has 1 aliphatic heterocycles. The summed E-state index contributed by atoms with van der Waals surface area (Å²) in [5.74, 6) is 0.565. The van der Waals surface area contributed by atoms with Gasteiger partial charge in [0.1, 0.15) is 12.2 Å². The van der Waals surface area contributed by atoms with Crippen LogP contribution in [0.15, 0.2) is 22.4 Å². The predicted molar refractivity (Wildman–Crippen MR) is 73.6 cm³/mol. The smallest absolute Gasteiger partial charge is 0.239 e. The maximum absolute atomic E-state index is 11.2. The lowest BCUT2D eigenvalue weighted by Crippen LogP contribution is -2.46. The van der Waals surface area contributed by atoms with Crippen molar-refractivity contribution >= 4 is 18.6 Å². The Balaban J connectivity index is 2.42. The largest absolute Gasteiger partial charge is 0.363 e. The zero-order chi connectivity index (χ0) is 13.5. The van der Waals surface area contributed by atoms with Gasteiger partial charge in [-0.05, 0) is 13.8 Å². The molecule has 0 aliphatic carbocycles. The Morgan fingerprint density at radius 1 is 1.61 bits per heavy atom. The van der Waals surface area contributed by atoms with E-state index in [-0.39, 0.29) is 5.91 Å². The van der Waals surface area contributed by atoms with Crippen LogP contribution in [0.3, 0.4) is 0 Å². The number of hydrogen-bond acceptors (Lipinski definition) is 3. The number of rotatable bonds is 5. The molecule has 1 saturated heterocycles. The molecule has 1 heterocycles. The molecule has 0 spiro atoms. The third-order valence-corrected chi connectivity index (χ3v) is 2.74. The van der Waals surface area contributed by atoms with E-state index in [1.165, 1.54) is 6.34 Å². The first-order valence-electron chi connectivity index (χ1n) is 5.99. The maximum Gasteiger partial charge on any atom is 0.239 e. The van der Waals surface area contributed by atoms with Crippen LogP contribution >= 0.6 is 0 Å². The SMILES string of the molecule is C=C(/N=C\N=C\N(C)C(C)C)N1CCNC(=O)C1. The molecular weight excluding hydrogens is 230 g/mol. The third-order valence-electron chi connectivity index (χ3n) is 2.74. The molecule has 0 bridgehead atoms. The van der Waals surface area contributed by atoms with Gasteiger partial charge in [0.15, 0.2) is 0 Å². The Labute approximate surface area is 108 Å². The fraction of sp³-hybridized carbons (Fsp3) is 0.583. The molecular formula is C12H21N5O. The molecule has 0 aromatic carbocycles. The van der Waals surface area contributed by atoms with E-state index in [4.69, 9.17) is 0 Å². The number of piperazine rings is 1. The van der Waals surface area contributed by atoms with E-state index in [2.05, 4.69) is 35.7 Å². The number of nitrogens with zero attached hydrogens (tertiary/aromatic N) is 4. The molecule has 0 aromatic heterocycles. The summed E-state index contributed by atoms with van der Waals surface area (Å²) in [4.78, 5) is 23.2. The second-order valence-corrected chi connectivity index (χ2v) is 4.46. The van der Waals surface area contributed by atoms with Gasteiger partial charge in [-0.15, -0.1) is 0 Å². The Bertz CT molecular complexity index is 361. The van der Waals surface area contributed by atoms with Gasteiger partial charge < -0.3 is 15.1 Å². The van der Waals surface area contributed by atoms with E-state index in [1.54, 1.807) is 6.34 Å². The minimum atomic E-state index is 0.000595. The molecule has 100 valence electrons. The van der Waals surface area contributed by atoms with E-state index in [1.807, 2.05) is 16.8 Å². The molecule has 1 amide bonds. The highest BCUT2D eigenvalue weighted by Crippen LogP contribution is 2.04. The van der Waals surface area contributed by atoms with Crippen molar-refractivity contribution < 1.29 is 4.79 Å². The van der Waals surface area contributed by atoms with E-state index >= 15 is 0 Å². The lowest BCUT2D eigenvalue weighted by Gasteiger charge is -2.27. The van der Waals surface area contributed by atoms with Gasteiger partial charge in [0.05, 0.1) is 12.9 Å². The molecule has 1 N–H and O–H groups in total. The molecule has 1 fully saturated rings. The van der Waals surface area contributed by atoms with Crippen molar-refractivity contribution in [1.29, 1.82) is 0 Å². The molecule has 6 nitrogen and oxygen atoms in total. The van der Waals surface area contributed by atoms with E-state index in [0.717, 1.165) is 6.54 Å². The Hall–Kier alpha value is -1.85. The summed E-state index contributed by atoms with van der Waals surface area (Å²) in [5.41, 5.74) is 0. The summed E-state index contributed by atoms with van der Waals surface area (Å²) in [6.07, 6.45) is 3.16. The van der Waals surface area contributed by atoms with E-state index in [0.29, 0.717) is 25.0 Å². The quantitative estimate of drug-likeness (QED) is 0.564. The van der Waals surface area contributed by atoms with Gasteiger partial charge in [-0.2, -0.15) is 0 Å². The average Bonchev–Trinajstić information content (AvgIpc) is 2.33. The summed E-state index contributed by atoms with van der Waals surface area (Å²) in [7, 11) is 1.95.